The number of carbonyl (C=O) groups is 10. The van der Waals surface area contributed by atoms with E-state index in [0.717, 1.165) is 87.5 Å². The summed E-state index contributed by atoms with van der Waals surface area (Å²) in [6, 6.07) is 58.9. The molecule has 25 heteroatoms. The van der Waals surface area contributed by atoms with Crippen molar-refractivity contribution in [3.8, 4) is 28.4 Å². The Morgan fingerprint density at radius 2 is 0.914 bits per heavy atom. The summed E-state index contributed by atoms with van der Waals surface area (Å²) in [6.45, 7) is 52.2. The minimum atomic E-state index is -2.22. The van der Waals surface area contributed by atoms with Crippen molar-refractivity contribution in [2.75, 3.05) is 31.1 Å². The number of hydrogen-bond acceptors (Lipinski definition) is 21. The fourth-order valence-corrected chi connectivity index (χ4v) is 14.4. The lowest BCUT2D eigenvalue weighted by atomic mass is 9.78. The number of pyridine rings is 2. The Morgan fingerprint density at radius 3 is 1.34 bits per heavy atom. The number of halogens is 1. The second-order valence-electron chi connectivity index (χ2n) is 41.5. The van der Waals surface area contributed by atoms with E-state index in [1.165, 1.54) is 24.3 Å². The lowest BCUT2D eigenvalue weighted by Crippen LogP contribution is -2.45. The number of carboxylic acid groups (broad SMARTS) is 2. The van der Waals surface area contributed by atoms with E-state index in [-0.39, 0.29) is 102 Å². The number of anilines is 1. The number of fused-ring (bicyclic) bond motifs is 1. The molecule has 24 nitrogen and oxygen atoms in total. The molecule has 0 amide bonds. The van der Waals surface area contributed by atoms with E-state index in [0.29, 0.717) is 57.5 Å². The Morgan fingerprint density at radius 1 is 0.482 bits per heavy atom. The number of nitrogens with zero attached hydrogens (tertiary/aromatic N) is 5. The van der Waals surface area contributed by atoms with Gasteiger partial charge in [-0.15, -0.1) is 0 Å². The largest absolute Gasteiger partial charge is 0.508 e. The van der Waals surface area contributed by atoms with Crippen molar-refractivity contribution in [1.82, 2.24) is 24.8 Å². The van der Waals surface area contributed by atoms with Crippen molar-refractivity contribution < 1.29 is 83.0 Å². The van der Waals surface area contributed by atoms with Gasteiger partial charge in [-0.1, -0.05) is 302 Å². The smallest absolute Gasteiger partial charge is 0.349 e. The van der Waals surface area contributed by atoms with Gasteiger partial charge < -0.3 is 49.8 Å². The Bertz CT molecular complexity index is 6110. The van der Waals surface area contributed by atoms with Gasteiger partial charge in [0.1, 0.15) is 33.8 Å². The van der Waals surface area contributed by atoms with Crippen LogP contribution in [0.4, 0.5) is 5.95 Å². The van der Waals surface area contributed by atoms with Gasteiger partial charge in [-0.3, -0.25) is 33.6 Å². The third kappa shape index (κ3) is 32.5. The fraction of sp³-hybridized carbons (Fsp3) is 0.368. The van der Waals surface area contributed by atoms with Gasteiger partial charge in [0.2, 0.25) is 23.6 Å². The molecule has 11 aromatic rings. The minimum Gasteiger partial charge on any atom is -0.508 e. The summed E-state index contributed by atoms with van der Waals surface area (Å²) in [6.07, 6.45) is 2.86. The van der Waals surface area contributed by atoms with E-state index in [1.54, 1.807) is 93.0 Å². The fourth-order valence-electron chi connectivity index (χ4n) is 14.1. The minimum absolute atomic E-state index is 0.0231. The first kappa shape index (κ1) is 112. The first-order chi connectivity index (χ1) is 64.6. The molecule has 12 rings (SSSR count). The zero-order chi connectivity index (χ0) is 104. The normalized spacial score (nSPS) is 12.8. The predicted octanol–water partition coefficient (Wildman–Crippen LogP) is 23.0. The molecule has 4 heterocycles. The molecule has 0 spiro atoms. The number of hydrogen-bond donors (Lipinski definition) is 6. The molecule has 1 fully saturated rings. The van der Waals surface area contributed by atoms with E-state index < -0.39 is 52.3 Å². The van der Waals surface area contributed by atoms with Gasteiger partial charge in [0.25, 0.3) is 0 Å². The Hall–Kier alpha value is -13.7. The molecule has 0 saturated carbocycles. The maximum absolute atomic E-state index is 13.1. The van der Waals surface area contributed by atoms with Crippen molar-refractivity contribution in [1.29, 1.82) is 0 Å². The van der Waals surface area contributed by atoms with Crippen LogP contribution in [0.15, 0.2) is 223 Å². The summed E-state index contributed by atoms with van der Waals surface area (Å²) < 4.78 is 11.5. The molecule has 0 bridgehead atoms. The summed E-state index contributed by atoms with van der Waals surface area (Å²) in [7, 11) is 0. The number of phenols is 3. The number of piperazine rings is 1. The van der Waals surface area contributed by atoms with Gasteiger partial charge in [0, 0.05) is 119 Å². The second kappa shape index (κ2) is 48.0. The van der Waals surface area contributed by atoms with E-state index in [9.17, 15) is 78.3 Å². The monoisotopic (exact) mass is 1910 g/mol. The molecule has 6 N–H and O–H groups in total. The first-order valence-electron chi connectivity index (χ1n) is 46.3. The third-order valence-electron chi connectivity index (χ3n) is 22.5. The highest BCUT2D eigenvalue weighted by Crippen LogP contribution is 2.42. The average Bonchev–Trinajstić information content (AvgIpc) is 0.769. The van der Waals surface area contributed by atoms with Gasteiger partial charge in [0.05, 0.1) is 27.6 Å². The number of ketones is 6. The van der Waals surface area contributed by atoms with Crippen LogP contribution in [0.3, 0.4) is 0 Å². The van der Waals surface area contributed by atoms with E-state index >= 15 is 0 Å². The zero-order valence-electron chi connectivity index (χ0n) is 84.7. The second-order valence-corrected chi connectivity index (χ2v) is 41.9. The van der Waals surface area contributed by atoms with Crippen molar-refractivity contribution in [3.63, 3.8) is 0 Å². The van der Waals surface area contributed by atoms with Crippen molar-refractivity contribution in [2.24, 2.45) is 27.1 Å². The van der Waals surface area contributed by atoms with E-state index in [2.05, 4.69) is 66.7 Å². The summed E-state index contributed by atoms with van der Waals surface area (Å²) in [5, 5.41) is 52.7. The number of benzene rings is 8. The molecule has 0 aliphatic carbocycles. The SMILES string of the molecule is CC(C)(C)C(=O)/C=C\c1cc(C(C)(C)C)c(O)c(C(C)(C)C)c1.CC(C)(C)C(=O)CCC(=O)c1ccc(-c2ccccc2)cc1.CC(C)(C)C(=O)c1ccccc1C(c1ccc(O)cc1)c1ccc(O)cc1.CCn1cc(C(=O)C(C)(C)C)c(=O)c2cnc(N3CCNCC3)nc21.Cc1ccc(C(=O)C(C)(C)C)c(Cl)n1.Cc1ccc(C(=O)O[C@@H](C(=O)O)[C@@H](OC(=O)c2ccc(C)cc2)C(=O)O)cc1. The van der Waals surface area contributed by atoms with Crippen molar-refractivity contribution in [3.05, 3.63) is 318 Å². The highest BCUT2D eigenvalue weighted by molar-refractivity contribution is 6.33. The molecule has 0 radical (unpaired) electrons. The van der Waals surface area contributed by atoms with Gasteiger partial charge in [0.15, 0.2) is 28.9 Å². The molecule has 1 saturated heterocycles. The summed E-state index contributed by atoms with van der Waals surface area (Å²) in [5.41, 5.74) is 10.2. The van der Waals surface area contributed by atoms with Crippen molar-refractivity contribution >= 4 is 93.2 Å². The number of carbonyl (C=O) groups excluding carboxylic acids is 8. The Kier molecular flexibility index (Phi) is 38.8. The molecular formula is C114H135ClN6O18. The Labute approximate surface area is 821 Å². The maximum Gasteiger partial charge on any atom is 0.349 e. The average molecular weight is 1910 g/mol. The number of phenolic OH excluding ortho intramolecular Hbond substituents is 3. The molecule has 0 unspecified atom stereocenters. The molecule has 1 aliphatic rings. The number of allylic oxidation sites excluding steroid dienone is 1. The van der Waals surface area contributed by atoms with Crippen LogP contribution in [0, 0.1) is 47.8 Å². The maximum atomic E-state index is 13.1. The number of aromatic nitrogens is 4. The van der Waals surface area contributed by atoms with Crippen LogP contribution in [0.1, 0.15) is 283 Å². The van der Waals surface area contributed by atoms with Gasteiger partial charge >= 0.3 is 23.9 Å². The molecule has 2 atom stereocenters. The lowest BCUT2D eigenvalue weighted by molar-refractivity contribution is -0.166. The zero-order valence-corrected chi connectivity index (χ0v) is 85.5. The summed E-state index contributed by atoms with van der Waals surface area (Å²) in [5.74, 6) is -4.22. The van der Waals surface area contributed by atoms with Crippen LogP contribution in [0.5, 0.6) is 17.2 Å². The van der Waals surface area contributed by atoms with Crippen molar-refractivity contribution in [2.45, 2.75) is 221 Å². The lowest BCUT2D eigenvalue weighted by Gasteiger charge is -2.28. The molecule has 1 aliphatic heterocycles. The van der Waals surface area contributed by atoms with E-state index in [4.69, 9.17) is 21.1 Å². The number of nitrogens with one attached hydrogen (secondary N) is 1. The predicted molar refractivity (Wildman–Crippen MR) is 548 cm³/mol. The number of esters is 2. The standard InChI is InChI=1S/C24H24O3.C21H32O2.C20H18O8.C20H22O2.C18H25N5O2.C11H14ClNO/c1-24(2,3)23(27)21-7-5-4-6-20(21)22(16-8-12-18(25)13-9-16)17-10-14-19(26)15-11-17;1-19(2,3)15-12-14(10-11-17(22)21(7,8)9)13-16(18(15)23)20(4,5)6;1-11-3-7-13(8-4-11)19(25)27-15(17(21)22)16(18(23)24)28-20(26)14-9-5-12(2)6-10-14;1-20(2,3)19(22)14-13-18(21)17-11-9-16(10-12-17)15-7-5-4-6-8-15;1-5-22-11-13(15(25)18(2,3)4)14(24)12-10-20-17(21-16(12)22)23-8-6-19-7-9-23;1-7-5-6-8(10(12)13-7)9(14)11(2,3)4/h4-15,22,25-26H,1-3H3;10-13,23H,1-9H3;3-10,15-16H,1-2H3,(H,21,22)(H,23,24);4-12H,13-14H2,1-3H3;10-11,19H,5-9H2,1-4H3;5-6H,1-4H3/b;11-10-;;;;/t;;15-,16-;;;/m..1.../s1. The molecule has 3 aromatic heterocycles. The molecular weight excluding hydrogens is 1780 g/mol. The third-order valence-corrected chi connectivity index (χ3v) is 22.8. The molecule has 8 aromatic carbocycles. The van der Waals surface area contributed by atoms with Crippen LogP contribution < -0.4 is 15.6 Å². The molecule has 139 heavy (non-hydrogen) atoms. The number of aliphatic carboxylic acids is 2. The van der Waals surface area contributed by atoms with Gasteiger partial charge in [-0.25, -0.2) is 29.1 Å². The van der Waals surface area contributed by atoms with Crippen LogP contribution >= 0.6 is 11.6 Å². The van der Waals surface area contributed by atoms with Crippen LogP contribution in [0.2, 0.25) is 5.15 Å². The number of carboxylic acids is 2. The number of Topliss-reactive ketones (excluding diaryl/α,β-unsaturated/α-hetero) is 5. The van der Waals surface area contributed by atoms with Crippen LogP contribution in [0.25, 0.3) is 28.2 Å². The first-order valence-corrected chi connectivity index (χ1v) is 46.6. The van der Waals surface area contributed by atoms with E-state index in [1.807, 2.05) is 244 Å². The number of ether oxygens (including phenoxy) is 2. The topological polar surface area (TPSA) is 366 Å². The summed E-state index contributed by atoms with van der Waals surface area (Å²) >= 11 is 5.90. The van der Waals surface area contributed by atoms with Gasteiger partial charge in [-0.2, -0.15) is 4.98 Å². The number of aromatic hydroxyl groups is 3. The Balaban J connectivity index is 0.000000229. The molecule has 736 valence electrons. The quantitative estimate of drug-likeness (QED) is 0.0121. The van der Waals surface area contributed by atoms with Gasteiger partial charge in [-0.05, 0) is 151 Å². The number of aryl methyl sites for hydroxylation is 4. The summed E-state index contributed by atoms with van der Waals surface area (Å²) in [4.78, 5) is 149. The number of rotatable bonds is 22. The van der Waals surface area contributed by atoms with Crippen LogP contribution in [-0.2, 0) is 46.0 Å². The highest BCUT2D eigenvalue weighted by atomic mass is 35.5. The van der Waals surface area contributed by atoms with Crippen LogP contribution in [-0.4, -0.2) is 142 Å². The highest BCUT2D eigenvalue weighted by Gasteiger charge is 2.42.